The van der Waals surface area contributed by atoms with Gasteiger partial charge in [0.25, 0.3) is 0 Å². The molecule has 2 atom stereocenters. The molecule has 2 aliphatic heterocycles. The first kappa shape index (κ1) is 39.3. The lowest BCUT2D eigenvalue weighted by Gasteiger charge is -2.43. The Morgan fingerprint density at radius 3 is 1.36 bits per heavy atom. The Morgan fingerprint density at radius 1 is 0.607 bits per heavy atom. The number of carbonyl (C=O) groups excluding carboxylic acids is 2. The molecule has 4 aromatic rings. The number of rotatable bonds is 10. The van der Waals surface area contributed by atoms with Crippen molar-refractivity contribution in [2.45, 2.75) is 100 Å². The van der Waals surface area contributed by atoms with Gasteiger partial charge in [0.05, 0.1) is 0 Å². The van der Waals surface area contributed by atoms with Gasteiger partial charge in [0.1, 0.15) is 11.2 Å². The molecule has 0 radical (unpaired) electrons. The van der Waals surface area contributed by atoms with E-state index in [0.717, 1.165) is 76.1 Å². The fraction of sp³-hybridized carbons (Fsp3) is 0.522. The van der Waals surface area contributed by atoms with Crippen molar-refractivity contribution in [3.8, 4) is 0 Å². The SMILES string of the molecule is Cn1ccc2c1CCCC2CCN1CCC(OC(=O)C(=O)OC2(c3ccc(Cl)cc3)CCN(CCC3CCCc4c3ccn4C)CC2)(c2ccc(Cl)cc2)CC1. The highest BCUT2D eigenvalue weighted by Crippen LogP contribution is 2.42. The molecule has 2 unspecified atom stereocenters. The maximum absolute atomic E-state index is 14.0. The van der Waals surface area contributed by atoms with Gasteiger partial charge in [-0.25, -0.2) is 9.59 Å². The number of aryl methyl sites for hydroxylation is 2. The summed E-state index contributed by atoms with van der Waals surface area (Å²) in [6.07, 6.45) is 16.2. The minimum atomic E-state index is -0.955. The third kappa shape index (κ3) is 8.22. The zero-order valence-electron chi connectivity index (χ0n) is 33.0. The van der Waals surface area contributed by atoms with Gasteiger partial charge in [-0.1, -0.05) is 47.5 Å². The lowest BCUT2D eigenvalue weighted by molar-refractivity contribution is -0.193. The van der Waals surface area contributed by atoms with Gasteiger partial charge >= 0.3 is 11.9 Å². The molecule has 0 bridgehead atoms. The molecule has 2 saturated heterocycles. The van der Waals surface area contributed by atoms with Crippen molar-refractivity contribution in [3.05, 3.63) is 117 Å². The average Bonchev–Trinajstić information content (AvgIpc) is 3.80. The first-order chi connectivity index (χ1) is 27.1. The summed E-state index contributed by atoms with van der Waals surface area (Å²) in [6, 6.07) is 19.6. The zero-order valence-corrected chi connectivity index (χ0v) is 34.5. The minimum Gasteiger partial charge on any atom is -0.446 e. The Hall–Kier alpha value is -3.56. The number of hydrogen-bond donors (Lipinski definition) is 0. The molecule has 56 heavy (non-hydrogen) atoms. The number of esters is 2. The molecular formula is C46H56Cl2N4O4. The summed E-state index contributed by atoms with van der Waals surface area (Å²) in [6.45, 7) is 5.01. The highest BCUT2D eigenvalue weighted by Gasteiger charge is 2.45. The monoisotopic (exact) mass is 798 g/mol. The maximum atomic E-state index is 14.0. The number of ether oxygens (including phenoxy) is 2. The number of benzene rings is 2. The molecule has 4 heterocycles. The van der Waals surface area contributed by atoms with Crippen LogP contribution in [-0.4, -0.2) is 70.1 Å². The fourth-order valence-corrected chi connectivity index (χ4v) is 10.5. The molecule has 4 aliphatic rings. The van der Waals surface area contributed by atoms with Crippen LogP contribution in [0.25, 0.3) is 0 Å². The lowest BCUT2D eigenvalue weighted by atomic mass is 9.82. The largest absolute Gasteiger partial charge is 0.446 e. The first-order valence-electron chi connectivity index (χ1n) is 20.8. The van der Waals surface area contributed by atoms with Crippen LogP contribution in [0.15, 0.2) is 73.1 Å². The van der Waals surface area contributed by atoms with E-state index in [0.29, 0.717) is 47.6 Å². The quantitative estimate of drug-likeness (QED) is 0.118. The summed E-state index contributed by atoms with van der Waals surface area (Å²) in [7, 11) is 4.30. The Labute approximate surface area is 342 Å². The Balaban J connectivity index is 0.926. The Kier molecular flexibility index (Phi) is 11.7. The van der Waals surface area contributed by atoms with E-state index in [1.165, 1.54) is 48.2 Å². The number of carbonyl (C=O) groups is 2. The number of halogens is 2. The second-order valence-electron chi connectivity index (χ2n) is 16.9. The maximum Gasteiger partial charge on any atom is 0.418 e. The molecule has 0 spiro atoms. The zero-order chi connectivity index (χ0) is 38.9. The number of nitrogens with zero attached hydrogens (tertiary/aromatic N) is 4. The molecule has 8 nitrogen and oxygen atoms in total. The van der Waals surface area contributed by atoms with Gasteiger partial charge in [-0.15, -0.1) is 0 Å². The van der Waals surface area contributed by atoms with Crippen molar-refractivity contribution >= 4 is 35.1 Å². The van der Waals surface area contributed by atoms with Crippen molar-refractivity contribution in [2.75, 3.05) is 39.3 Å². The van der Waals surface area contributed by atoms with Gasteiger partial charge < -0.3 is 28.4 Å². The van der Waals surface area contributed by atoms with Crippen LogP contribution >= 0.6 is 23.2 Å². The lowest BCUT2D eigenvalue weighted by Crippen LogP contribution is -2.49. The van der Waals surface area contributed by atoms with Crippen LogP contribution in [0.3, 0.4) is 0 Å². The second-order valence-corrected chi connectivity index (χ2v) is 17.8. The van der Waals surface area contributed by atoms with Crippen molar-refractivity contribution in [1.82, 2.24) is 18.9 Å². The summed E-state index contributed by atoms with van der Waals surface area (Å²) in [4.78, 5) is 32.9. The predicted molar refractivity (Wildman–Crippen MR) is 221 cm³/mol. The normalized spacial score (nSPS) is 22.2. The summed E-state index contributed by atoms with van der Waals surface area (Å²) in [5.41, 5.74) is 5.76. The van der Waals surface area contributed by atoms with Crippen LogP contribution in [0.2, 0.25) is 10.0 Å². The smallest absolute Gasteiger partial charge is 0.418 e. The minimum absolute atomic E-state index is 0.574. The molecule has 298 valence electrons. The van der Waals surface area contributed by atoms with Gasteiger partial charge in [0.2, 0.25) is 0 Å². The second kappa shape index (κ2) is 16.7. The highest BCUT2D eigenvalue weighted by atomic mass is 35.5. The molecule has 2 fully saturated rings. The molecule has 10 heteroatoms. The topological polar surface area (TPSA) is 68.9 Å². The third-order valence-corrected chi connectivity index (χ3v) is 14.2. The summed E-state index contributed by atoms with van der Waals surface area (Å²) < 4.78 is 17.2. The number of hydrogen-bond acceptors (Lipinski definition) is 6. The van der Waals surface area contributed by atoms with E-state index < -0.39 is 23.1 Å². The van der Waals surface area contributed by atoms with E-state index in [-0.39, 0.29) is 0 Å². The number of fused-ring (bicyclic) bond motifs is 2. The first-order valence-corrected chi connectivity index (χ1v) is 21.6. The van der Waals surface area contributed by atoms with Crippen molar-refractivity contribution in [2.24, 2.45) is 14.1 Å². The molecule has 0 saturated carbocycles. The summed E-state index contributed by atoms with van der Waals surface area (Å²) >= 11 is 12.6. The molecule has 0 N–H and O–H groups in total. The van der Waals surface area contributed by atoms with Crippen molar-refractivity contribution in [3.63, 3.8) is 0 Å². The van der Waals surface area contributed by atoms with Crippen LogP contribution in [-0.2, 0) is 57.2 Å². The number of piperidine rings is 2. The van der Waals surface area contributed by atoms with E-state index >= 15 is 0 Å². The van der Waals surface area contributed by atoms with E-state index in [1.54, 1.807) is 0 Å². The molecule has 0 amide bonds. The third-order valence-electron chi connectivity index (χ3n) is 13.7. The Morgan fingerprint density at radius 2 is 0.982 bits per heavy atom. The van der Waals surface area contributed by atoms with Crippen LogP contribution in [0.1, 0.15) is 110 Å². The molecular weight excluding hydrogens is 743 g/mol. The fourth-order valence-electron chi connectivity index (χ4n) is 10.3. The van der Waals surface area contributed by atoms with Gasteiger partial charge in [0.15, 0.2) is 0 Å². The molecule has 8 rings (SSSR count). The number of aromatic nitrogens is 2. The van der Waals surface area contributed by atoms with Gasteiger partial charge in [0, 0.05) is 99.8 Å². The Bertz CT molecular complexity index is 1840. The van der Waals surface area contributed by atoms with Crippen molar-refractivity contribution in [1.29, 1.82) is 0 Å². The predicted octanol–water partition coefficient (Wildman–Crippen LogP) is 9.06. The molecule has 2 aromatic heterocycles. The molecule has 2 aliphatic carbocycles. The van der Waals surface area contributed by atoms with E-state index in [2.05, 4.69) is 57.6 Å². The van der Waals surface area contributed by atoms with Gasteiger partial charge in [-0.3, -0.25) is 0 Å². The highest BCUT2D eigenvalue weighted by molar-refractivity contribution is 6.31. The van der Waals surface area contributed by atoms with Crippen LogP contribution in [0, 0.1) is 0 Å². The van der Waals surface area contributed by atoms with Gasteiger partial charge in [-0.05, 0) is 135 Å². The average molecular weight is 800 g/mol. The summed E-state index contributed by atoms with van der Waals surface area (Å²) in [5.74, 6) is -0.743. The summed E-state index contributed by atoms with van der Waals surface area (Å²) in [5, 5.41) is 1.22. The van der Waals surface area contributed by atoms with E-state index in [4.69, 9.17) is 32.7 Å². The number of likely N-dealkylation sites (tertiary alicyclic amines) is 2. The van der Waals surface area contributed by atoms with E-state index in [9.17, 15) is 9.59 Å². The van der Waals surface area contributed by atoms with Crippen molar-refractivity contribution < 1.29 is 19.1 Å². The van der Waals surface area contributed by atoms with E-state index in [1.807, 2.05) is 48.5 Å². The molecule has 2 aromatic carbocycles. The van der Waals surface area contributed by atoms with Crippen LogP contribution < -0.4 is 0 Å². The van der Waals surface area contributed by atoms with Crippen LogP contribution in [0.5, 0.6) is 0 Å². The van der Waals surface area contributed by atoms with Crippen LogP contribution in [0.4, 0.5) is 0 Å². The standard InChI is InChI=1S/C46H56Cl2N4O4/c1-49-25-19-39-33(5-3-7-41(39)49)17-27-51-29-21-45(22-30-51,35-9-13-37(47)14-10-35)55-43(53)44(54)56-46(36-11-15-38(48)16-12-36)23-31-52(32-24-46)28-18-34-6-4-8-42-40(34)20-26-50(42)2/h9-16,19-20,25-26,33-34H,3-8,17-18,21-24,27-32H2,1-2H3. The van der Waals surface area contributed by atoms with Gasteiger partial charge in [-0.2, -0.15) is 0 Å².